The van der Waals surface area contributed by atoms with E-state index in [9.17, 15) is 29.7 Å². The average molecular weight is 510 g/mol. The zero-order valence-electron chi connectivity index (χ0n) is 21.8. The normalized spacial score (nSPS) is 39.3. The molecule has 1 aromatic rings. The summed E-state index contributed by atoms with van der Waals surface area (Å²) >= 11 is 0. The van der Waals surface area contributed by atoms with Gasteiger partial charge < -0.3 is 25.4 Å². The number of hydrogen-bond acceptors (Lipinski definition) is 7. The topological polar surface area (TPSA) is 133 Å². The Kier molecular flexibility index (Phi) is 5.83. The number of para-hydroxylation sites is 1. The van der Waals surface area contributed by atoms with Gasteiger partial charge in [-0.1, -0.05) is 45.1 Å². The number of nitrogens with one attached hydrogen (secondary N) is 1. The Bertz CT molecular complexity index is 1250. The Morgan fingerprint density at radius 3 is 2.54 bits per heavy atom. The van der Waals surface area contributed by atoms with E-state index in [1.54, 1.807) is 37.3 Å². The first-order valence-electron chi connectivity index (χ1n) is 12.9. The smallest absolute Gasteiger partial charge is 0.340 e. The van der Waals surface area contributed by atoms with E-state index in [4.69, 9.17) is 4.74 Å². The van der Waals surface area contributed by atoms with Crippen molar-refractivity contribution >= 4 is 23.3 Å². The van der Waals surface area contributed by atoms with Crippen LogP contribution < -0.4 is 5.32 Å². The van der Waals surface area contributed by atoms with Crippen LogP contribution in [0.3, 0.4) is 0 Å². The van der Waals surface area contributed by atoms with Gasteiger partial charge in [-0.25, -0.2) is 4.79 Å². The molecule has 0 saturated heterocycles. The quantitative estimate of drug-likeness (QED) is 0.362. The van der Waals surface area contributed by atoms with Crippen molar-refractivity contribution in [3.63, 3.8) is 0 Å². The van der Waals surface area contributed by atoms with Crippen LogP contribution >= 0.6 is 0 Å². The second kappa shape index (κ2) is 8.35. The number of carbonyl (C=O) groups excluding carboxylic acids is 3. The summed E-state index contributed by atoms with van der Waals surface area (Å²) < 4.78 is 5.90. The Hall–Kier alpha value is -2.81. The van der Waals surface area contributed by atoms with Gasteiger partial charge in [0.2, 0.25) is 5.91 Å². The van der Waals surface area contributed by atoms with E-state index in [0.29, 0.717) is 12.0 Å². The van der Waals surface area contributed by atoms with Gasteiger partial charge in [-0.2, -0.15) is 0 Å². The Morgan fingerprint density at radius 1 is 1.22 bits per heavy atom. The van der Waals surface area contributed by atoms with E-state index in [1.807, 2.05) is 6.92 Å². The SMILES string of the molecule is CC(=O)Nc1ccccc1C(=O)O[C@H]1C(C)=C[C@]23C(=O)C(C=C(CO)[C@@H](O)[C@]12O)[C@H]1[C@@H](C[C@H]3C)C1(C)C. The van der Waals surface area contributed by atoms with Gasteiger partial charge >= 0.3 is 5.97 Å². The minimum atomic E-state index is -2.21. The molecule has 198 valence electrons. The summed E-state index contributed by atoms with van der Waals surface area (Å²) in [4.78, 5) is 39.5. The minimum absolute atomic E-state index is 0.0396. The molecule has 1 amide bonds. The lowest BCUT2D eigenvalue weighted by Crippen LogP contribution is -2.65. The van der Waals surface area contributed by atoms with E-state index >= 15 is 0 Å². The highest BCUT2D eigenvalue weighted by Crippen LogP contribution is 2.71. The van der Waals surface area contributed by atoms with Crippen LogP contribution in [0.2, 0.25) is 0 Å². The van der Waals surface area contributed by atoms with Crippen molar-refractivity contribution in [1.29, 1.82) is 0 Å². The maximum atomic E-state index is 14.4. The molecule has 0 aliphatic heterocycles. The molecule has 1 unspecified atom stereocenters. The van der Waals surface area contributed by atoms with Crippen molar-refractivity contribution < 1.29 is 34.4 Å². The van der Waals surface area contributed by atoms with Crippen molar-refractivity contribution in [1.82, 2.24) is 0 Å². The van der Waals surface area contributed by atoms with E-state index in [1.165, 1.54) is 13.0 Å². The van der Waals surface area contributed by atoms with Gasteiger partial charge in [0.1, 0.15) is 6.10 Å². The highest BCUT2D eigenvalue weighted by atomic mass is 16.6. The molecule has 2 fully saturated rings. The summed E-state index contributed by atoms with van der Waals surface area (Å²) in [7, 11) is 0. The maximum Gasteiger partial charge on any atom is 0.340 e. The zero-order chi connectivity index (χ0) is 27.1. The fourth-order valence-corrected chi connectivity index (χ4v) is 7.72. The van der Waals surface area contributed by atoms with Gasteiger partial charge in [0.25, 0.3) is 0 Å². The summed E-state index contributed by atoms with van der Waals surface area (Å²) in [5, 5.41) is 36.9. The fourth-order valence-electron chi connectivity index (χ4n) is 7.72. The van der Waals surface area contributed by atoms with Gasteiger partial charge in [-0.05, 0) is 59.8 Å². The van der Waals surface area contributed by atoms with Crippen molar-refractivity contribution in [2.45, 2.75) is 58.8 Å². The molecule has 4 N–H and O–H groups in total. The van der Waals surface area contributed by atoms with Crippen LogP contribution in [0, 0.1) is 34.5 Å². The van der Waals surface area contributed by atoms with Crippen molar-refractivity contribution in [2.75, 3.05) is 11.9 Å². The molecule has 1 spiro atoms. The molecule has 0 aromatic heterocycles. The molecular weight excluding hydrogens is 474 g/mol. The van der Waals surface area contributed by atoms with Crippen LogP contribution in [-0.2, 0) is 14.3 Å². The second-order valence-corrected chi connectivity index (χ2v) is 11.9. The third kappa shape index (κ3) is 3.35. The number of rotatable bonds is 4. The number of esters is 1. The predicted octanol–water partition coefficient (Wildman–Crippen LogP) is 2.64. The second-order valence-electron chi connectivity index (χ2n) is 11.9. The number of benzene rings is 1. The molecule has 4 aliphatic rings. The Morgan fingerprint density at radius 2 is 1.89 bits per heavy atom. The van der Waals surface area contributed by atoms with E-state index in [0.717, 1.165) is 0 Å². The third-order valence-electron chi connectivity index (χ3n) is 9.58. The molecule has 2 saturated carbocycles. The number of allylic oxidation sites excluding steroid dienone is 1. The number of aliphatic hydroxyl groups is 3. The number of carbonyl (C=O) groups is 3. The molecular formula is C29H35NO7. The fraction of sp³-hybridized carbons (Fsp3) is 0.552. The van der Waals surface area contributed by atoms with Gasteiger partial charge in [0.05, 0.1) is 23.3 Å². The van der Waals surface area contributed by atoms with Gasteiger partial charge in [-0.15, -0.1) is 0 Å². The Balaban J connectivity index is 1.61. The molecule has 4 aliphatic carbocycles. The molecule has 0 radical (unpaired) electrons. The standard InChI is InChI=1S/C29H35NO7/c1-14-12-28-15(2)10-20-22(27(20,4)5)19(24(28)34)11-17(13-31)23(33)29(28,36)25(14)37-26(35)18-8-6-7-9-21(18)30-16(3)32/h6-9,11-12,15,19-20,22-23,25,31,33,36H,10,13H2,1-5H3,(H,30,32)/t15-,19?,20-,22+,23-,25+,28+,29+/m1/s1. The van der Waals surface area contributed by atoms with Crippen LogP contribution in [0.4, 0.5) is 5.69 Å². The predicted molar refractivity (Wildman–Crippen MR) is 135 cm³/mol. The van der Waals surface area contributed by atoms with Crippen molar-refractivity contribution in [3.8, 4) is 0 Å². The molecule has 8 atom stereocenters. The van der Waals surface area contributed by atoms with E-state index in [-0.39, 0.29) is 51.7 Å². The van der Waals surface area contributed by atoms with Gasteiger partial charge in [0, 0.05) is 12.8 Å². The van der Waals surface area contributed by atoms with Crippen LogP contribution in [0.1, 0.15) is 51.4 Å². The van der Waals surface area contributed by atoms with Crippen LogP contribution in [-0.4, -0.2) is 57.4 Å². The number of ketones is 1. The monoisotopic (exact) mass is 509 g/mol. The molecule has 5 rings (SSSR count). The van der Waals surface area contributed by atoms with Crippen LogP contribution in [0.25, 0.3) is 0 Å². The molecule has 0 heterocycles. The highest BCUT2D eigenvalue weighted by Gasteiger charge is 2.76. The first-order valence-corrected chi connectivity index (χ1v) is 12.9. The molecule has 2 bridgehead atoms. The van der Waals surface area contributed by atoms with Crippen LogP contribution in [0.5, 0.6) is 0 Å². The summed E-state index contributed by atoms with van der Waals surface area (Å²) in [5.74, 6) is -2.01. The number of ether oxygens (including phenoxy) is 1. The molecule has 37 heavy (non-hydrogen) atoms. The molecule has 8 nitrogen and oxygen atoms in total. The summed E-state index contributed by atoms with van der Waals surface area (Å²) in [6.45, 7) is 8.64. The minimum Gasteiger partial charge on any atom is -0.451 e. The van der Waals surface area contributed by atoms with Crippen LogP contribution in [0.15, 0.2) is 47.6 Å². The molecule has 8 heteroatoms. The first kappa shape index (κ1) is 25.8. The van der Waals surface area contributed by atoms with Crippen molar-refractivity contribution in [3.05, 3.63) is 53.1 Å². The average Bonchev–Trinajstić information content (AvgIpc) is 3.32. The van der Waals surface area contributed by atoms with E-state index < -0.39 is 41.7 Å². The number of aliphatic hydroxyl groups excluding tert-OH is 2. The number of fused-ring (bicyclic) bond motifs is 3. The number of hydrogen-bond donors (Lipinski definition) is 4. The number of amides is 1. The number of Topliss-reactive ketones (excluding diaryl/α,β-unsaturated/α-hetero) is 1. The third-order valence-corrected chi connectivity index (χ3v) is 9.58. The summed E-state index contributed by atoms with van der Waals surface area (Å²) in [6, 6.07) is 6.35. The maximum absolute atomic E-state index is 14.4. The zero-order valence-corrected chi connectivity index (χ0v) is 21.8. The van der Waals surface area contributed by atoms with Gasteiger partial charge in [0.15, 0.2) is 17.5 Å². The highest BCUT2D eigenvalue weighted by molar-refractivity contribution is 6.01. The van der Waals surface area contributed by atoms with E-state index in [2.05, 4.69) is 19.2 Å². The summed E-state index contributed by atoms with van der Waals surface area (Å²) in [5.41, 5.74) is -2.84. The molecule has 1 aromatic carbocycles. The first-order chi connectivity index (χ1) is 17.3. The summed E-state index contributed by atoms with van der Waals surface area (Å²) in [6.07, 6.45) is 1.03. The lowest BCUT2D eigenvalue weighted by atomic mass is 9.59. The Labute approximate surface area is 216 Å². The lowest BCUT2D eigenvalue weighted by molar-refractivity contribution is -0.190. The number of anilines is 1. The lowest BCUT2D eigenvalue weighted by Gasteiger charge is -2.48. The van der Waals surface area contributed by atoms with Crippen molar-refractivity contribution in [2.24, 2.45) is 34.5 Å². The largest absolute Gasteiger partial charge is 0.451 e. The van der Waals surface area contributed by atoms with Gasteiger partial charge in [-0.3, -0.25) is 9.59 Å².